The fraction of sp³-hybridized carbons (Fsp3) is 0.421. The van der Waals surface area contributed by atoms with Gasteiger partial charge in [0.25, 0.3) is 0 Å². The van der Waals surface area contributed by atoms with Crippen molar-refractivity contribution >= 4 is 33.6 Å². The zero-order chi connectivity index (χ0) is 20.7. The van der Waals surface area contributed by atoms with E-state index in [9.17, 15) is 4.79 Å². The van der Waals surface area contributed by atoms with Crippen LogP contribution in [0.3, 0.4) is 0 Å². The molecule has 28 heavy (non-hydrogen) atoms. The summed E-state index contributed by atoms with van der Waals surface area (Å²) < 4.78 is 16.8. The maximum Gasteiger partial charge on any atom is 0.408 e. The van der Waals surface area contributed by atoms with Crippen LogP contribution in [-0.2, 0) is 11.2 Å². The number of amides is 1. The highest BCUT2D eigenvalue weighted by atomic mass is 79.9. The fourth-order valence-electron chi connectivity index (χ4n) is 2.29. The monoisotopic (exact) mass is 471 g/mol. The molecule has 0 aliphatic heterocycles. The lowest BCUT2D eigenvalue weighted by atomic mass is 10.1. The Labute approximate surface area is 177 Å². The van der Waals surface area contributed by atoms with Crippen LogP contribution in [0, 0.1) is 0 Å². The van der Waals surface area contributed by atoms with Gasteiger partial charge in [-0.2, -0.15) is 0 Å². The molecule has 0 radical (unpaired) electrons. The Morgan fingerprint density at radius 2 is 1.86 bits per heavy atom. The predicted octanol–water partition coefficient (Wildman–Crippen LogP) is 4.42. The average molecular weight is 473 g/mol. The van der Waals surface area contributed by atoms with Crippen molar-refractivity contribution in [1.29, 1.82) is 0 Å². The van der Waals surface area contributed by atoms with Crippen LogP contribution < -0.4 is 14.8 Å². The van der Waals surface area contributed by atoms with E-state index in [1.54, 1.807) is 12.1 Å². The molecule has 1 heterocycles. The van der Waals surface area contributed by atoms with Gasteiger partial charge in [0, 0.05) is 5.02 Å². The minimum Gasteiger partial charge on any atom is -0.480 e. The third kappa shape index (κ3) is 7.16. The molecule has 0 unspecified atom stereocenters. The second-order valence-corrected chi connectivity index (χ2v) is 8.22. The zero-order valence-electron chi connectivity index (χ0n) is 16.2. The molecule has 152 valence electrons. The number of benzene rings is 1. The van der Waals surface area contributed by atoms with Gasteiger partial charge in [-0.25, -0.2) is 14.8 Å². The second-order valence-electron chi connectivity index (χ2n) is 6.99. The van der Waals surface area contributed by atoms with Crippen molar-refractivity contribution in [3.8, 4) is 11.8 Å². The van der Waals surface area contributed by atoms with Crippen LogP contribution in [0.5, 0.6) is 11.8 Å². The third-order valence-corrected chi connectivity index (χ3v) is 4.39. The smallest absolute Gasteiger partial charge is 0.408 e. The Kier molecular flexibility index (Phi) is 7.88. The molecule has 1 aromatic carbocycles. The number of alkyl carbamates (subject to hydrolysis) is 1. The fourth-order valence-corrected chi connectivity index (χ4v) is 2.90. The van der Waals surface area contributed by atoms with E-state index in [1.807, 2.05) is 32.9 Å². The van der Waals surface area contributed by atoms with Gasteiger partial charge in [0.1, 0.15) is 23.0 Å². The summed E-state index contributed by atoms with van der Waals surface area (Å²) in [6.07, 6.45) is 1.35. The summed E-state index contributed by atoms with van der Waals surface area (Å²) in [5, 5.41) is 3.49. The van der Waals surface area contributed by atoms with Crippen molar-refractivity contribution < 1.29 is 19.0 Å². The van der Waals surface area contributed by atoms with E-state index in [1.165, 1.54) is 13.4 Å². The summed E-state index contributed by atoms with van der Waals surface area (Å²) in [5.74, 6) is 0.679. The summed E-state index contributed by atoms with van der Waals surface area (Å²) in [5.41, 5.74) is 0.395. The molecule has 0 aliphatic rings. The van der Waals surface area contributed by atoms with E-state index in [2.05, 4.69) is 31.2 Å². The zero-order valence-corrected chi connectivity index (χ0v) is 18.5. The number of hydrogen-bond donors (Lipinski definition) is 1. The summed E-state index contributed by atoms with van der Waals surface area (Å²) in [6.45, 7) is 5.59. The second kappa shape index (κ2) is 9.93. The lowest BCUT2D eigenvalue weighted by Gasteiger charge is -2.24. The Hall–Kier alpha value is -2.06. The predicted molar refractivity (Wildman–Crippen MR) is 110 cm³/mol. The first-order chi connectivity index (χ1) is 13.2. The van der Waals surface area contributed by atoms with E-state index >= 15 is 0 Å². The number of ether oxygens (including phenoxy) is 3. The molecule has 1 aromatic heterocycles. The minimum absolute atomic E-state index is 0.167. The quantitative estimate of drug-likeness (QED) is 0.642. The summed E-state index contributed by atoms with van der Waals surface area (Å²) in [4.78, 5) is 20.3. The third-order valence-electron chi connectivity index (χ3n) is 3.46. The molecule has 1 amide bonds. The van der Waals surface area contributed by atoms with Crippen LogP contribution in [0.1, 0.15) is 26.3 Å². The Morgan fingerprint density at radius 1 is 1.21 bits per heavy atom. The van der Waals surface area contributed by atoms with E-state index < -0.39 is 11.7 Å². The maximum absolute atomic E-state index is 12.2. The molecule has 2 rings (SSSR count). The Morgan fingerprint density at radius 3 is 2.46 bits per heavy atom. The molecule has 2 aromatic rings. The van der Waals surface area contributed by atoms with Crippen molar-refractivity contribution in [2.24, 2.45) is 0 Å². The van der Waals surface area contributed by atoms with Crippen molar-refractivity contribution in [2.45, 2.75) is 38.8 Å². The van der Waals surface area contributed by atoms with Crippen molar-refractivity contribution in [3.63, 3.8) is 0 Å². The number of aromatic nitrogens is 2. The molecule has 0 saturated heterocycles. The lowest BCUT2D eigenvalue weighted by Crippen LogP contribution is -2.43. The van der Waals surface area contributed by atoms with E-state index in [0.29, 0.717) is 27.7 Å². The first-order valence-corrected chi connectivity index (χ1v) is 9.76. The standard InChI is InChI=1S/C19H23BrClN3O4/c1-19(2,3)28-18(25)24-14(9-12-5-7-13(21)8-6-12)10-27-17-15(20)16(26-4)22-11-23-17/h5-8,11,14H,9-10H2,1-4H3,(H,24,25)/t14-/m1/s1. The minimum atomic E-state index is -0.598. The summed E-state index contributed by atoms with van der Waals surface area (Å²) in [7, 11) is 1.50. The van der Waals surface area contributed by atoms with Gasteiger partial charge in [0.05, 0.1) is 13.2 Å². The highest BCUT2D eigenvalue weighted by Crippen LogP contribution is 2.29. The van der Waals surface area contributed by atoms with Crippen LogP contribution in [0.2, 0.25) is 5.02 Å². The normalized spacial score (nSPS) is 12.2. The van der Waals surface area contributed by atoms with E-state index in [0.717, 1.165) is 5.56 Å². The first kappa shape index (κ1) is 22.2. The van der Waals surface area contributed by atoms with Gasteiger partial charge in [-0.3, -0.25) is 0 Å². The molecule has 1 atom stereocenters. The number of carbonyl (C=O) groups is 1. The molecule has 0 fully saturated rings. The number of hydrogen-bond acceptors (Lipinski definition) is 6. The maximum atomic E-state index is 12.2. The van der Waals surface area contributed by atoms with Gasteiger partial charge in [0.2, 0.25) is 11.8 Å². The van der Waals surface area contributed by atoms with E-state index in [4.69, 9.17) is 25.8 Å². The molecular weight excluding hydrogens is 450 g/mol. The molecule has 0 spiro atoms. The molecule has 1 N–H and O–H groups in total. The largest absolute Gasteiger partial charge is 0.480 e. The Bertz CT molecular complexity index is 797. The van der Waals surface area contributed by atoms with Crippen LogP contribution in [0.25, 0.3) is 0 Å². The first-order valence-electron chi connectivity index (χ1n) is 8.59. The highest BCUT2D eigenvalue weighted by Gasteiger charge is 2.21. The van der Waals surface area contributed by atoms with Gasteiger partial charge < -0.3 is 19.5 Å². The van der Waals surface area contributed by atoms with Crippen molar-refractivity contribution in [3.05, 3.63) is 45.7 Å². The van der Waals surface area contributed by atoms with Crippen LogP contribution in [0.4, 0.5) is 4.79 Å². The van der Waals surface area contributed by atoms with E-state index in [-0.39, 0.29) is 12.6 Å². The van der Waals surface area contributed by atoms with Gasteiger partial charge >= 0.3 is 6.09 Å². The molecular formula is C19H23BrClN3O4. The summed E-state index contributed by atoms with van der Waals surface area (Å²) >= 11 is 9.30. The number of carbonyl (C=O) groups excluding carboxylic acids is 1. The number of nitrogens with zero attached hydrogens (tertiary/aromatic N) is 2. The van der Waals surface area contributed by atoms with Crippen LogP contribution in [0.15, 0.2) is 35.1 Å². The van der Waals surface area contributed by atoms with Gasteiger partial charge in [-0.1, -0.05) is 23.7 Å². The number of halogens is 2. The highest BCUT2D eigenvalue weighted by molar-refractivity contribution is 9.10. The van der Waals surface area contributed by atoms with Crippen LogP contribution in [-0.4, -0.2) is 41.4 Å². The van der Waals surface area contributed by atoms with Gasteiger partial charge in [-0.15, -0.1) is 0 Å². The van der Waals surface area contributed by atoms with Gasteiger partial charge in [-0.05, 0) is 60.8 Å². The number of rotatable bonds is 7. The van der Waals surface area contributed by atoms with Crippen molar-refractivity contribution in [2.75, 3.05) is 13.7 Å². The molecule has 0 bridgehead atoms. The molecule has 0 aliphatic carbocycles. The number of nitrogens with one attached hydrogen (secondary N) is 1. The molecule has 7 nitrogen and oxygen atoms in total. The SMILES string of the molecule is COc1ncnc(OC[C@@H](Cc2ccc(Cl)cc2)NC(=O)OC(C)(C)C)c1Br. The van der Waals surface area contributed by atoms with Crippen molar-refractivity contribution in [1.82, 2.24) is 15.3 Å². The average Bonchev–Trinajstić information content (AvgIpc) is 2.61. The molecule has 9 heteroatoms. The Balaban J connectivity index is 2.10. The van der Waals surface area contributed by atoms with Gasteiger partial charge in [0.15, 0.2) is 0 Å². The molecule has 0 saturated carbocycles. The topological polar surface area (TPSA) is 82.6 Å². The number of methoxy groups -OCH3 is 1. The van der Waals surface area contributed by atoms with Crippen LogP contribution >= 0.6 is 27.5 Å². The summed E-state index contributed by atoms with van der Waals surface area (Å²) in [6, 6.07) is 7.04. The lowest BCUT2D eigenvalue weighted by molar-refractivity contribution is 0.0486.